The molecule has 5 nitrogen and oxygen atoms in total. The number of allylic oxidation sites excluding steroid dienone is 1. The number of urea groups is 1. The van der Waals surface area contributed by atoms with Crippen molar-refractivity contribution in [3.8, 4) is 0 Å². The number of fused-ring (bicyclic) bond motifs is 5. The molecule has 4 aliphatic rings. The summed E-state index contributed by atoms with van der Waals surface area (Å²) in [7, 11) is 0. The molecule has 0 aromatic rings. The minimum atomic E-state index is -4.64. The first-order valence-electron chi connectivity index (χ1n) is 12.3. The highest BCUT2D eigenvalue weighted by atomic mass is 19.4. The number of nitrogens with zero attached hydrogens (tertiary/aromatic N) is 1. The van der Waals surface area contributed by atoms with Crippen LogP contribution < -0.4 is 5.32 Å². The number of ketones is 1. The van der Waals surface area contributed by atoms with Crippen molar-refractivity contribution < 1.29 is 27.6 Å². The molecule has 0 aromatic heterocycles. The van der Waals surface area contributed by atoms with Gasteiger partial charge in [-0.05, 0) is 86.5 Å². The van der Waals surface area contributed by atoms with Crippen molar-refractivity contribution in [3.05, 3.63) is 11.6 Å². The first-order valence-corrected chi connectivity index (χ1v) is 12.3. The van der Waals surface area contributed by atoms with E-state index in [2.05, 4.69) is 19.2 Å². The van der Waals surface area contributed by atoms with Crippen LogP contribution in [-0.4, -0.2) is 41.9 Å². The predicted octanol–water partition coefficient (Wildman–Crippen LogP) is 5.25. The van der Waals surface area contributed by atoms with Gasteiger partial charge in [-0.3, -0.25) is 14.5 Å². The van der Waals surface area contributed by atoms with Crippen molar-refractivity contribution >= 4 is 17.7 Å². The molecular formula is C25H35F3N2O3. The van der Waals surface area contributed by atoms with Crippen molar-refractivity contribution in [1.82, 2.24) is 10.2 Å². The summed E-state index contributed by atoms with van der Waals surface area (Å²) in [5, 5.41) is 2.37. The molecule has 4 rings (SSSR count). The fourth-order valence-corrected chi connectivity index (χ4v) is 7.83. The van der Waals surface area contributed by atoms with Gasteiger partial charge in [0.2, 0.25) is 5.91 Å². The topological polar surface area (TPSA) is 66.5 Å². The minimum Gasteiger partial charge on any atom is -0.338 e. The van der Waals surface area contributed by atoms with E-state index < -0.39 is 36.0 Å². The van der Waals surface area contributed by atoms with E-state index in [-0.39, 0.29) is 23.7 Å². The third-order valence-corrected chi connectivity index (χ3v) is 9.44. The average Bonchev–Trinajstić information content (AvgIpc) is 3.09. The quantitative estimate of drug-likeness (QED) is 0.615. The van der Waals surface area contributed by atoms with Gasteiger partial charge >= 0.3 is 12.2 Å². The molecule has 3 amide bonds. The summed E-state index contributed by atoms with van der Waals surface area (Å²) in [6.45, 7) is 4.56. The first-order chi connectivity index (χ1) is 15.4. The number of alkyl halides is 3. The van der Waals surface area contributed by atoms with Gasteiger partial charge < -0.3 is 5.32 Å². The molecule has 3 fully saturated rings. The van der Waals surface area contributed by atoms with Gasteiger partial charge in [0.25, 0.3) is 0 Å². The van der Waals surface area contributed by atoms with Crippen molar-refractivity contribution in [2.45, 2.75) is 78.3 Å². The lowest BCUT2D eigenvalue weighted by Crippen LogP contribution is -2.55. The Labute approximate surface area is 193 Å². The maximum absolute atomic E-state index is 13.4. The zero-order chi connectivity index (χ0) is 24.2. The van der Waals surface area contributed by atoms with Crippen LogP contribution in [0.15, 0.2) is 11.6 Å². The normalized spacial score (nSPS) is 38.0. The van der Waals surface area contributed by atoms with Gasteiger partial charge in [0.15, 0.2) is 5.78 Å². The SMILES string of the molecule is CCNC(=O)N(CC(F)(F)F)C(=O)C1CCC2C3CCC4=CC(=O)CC[C@]4(C)C3CC[C@]12C. The molecule has 4 unspecified atom stereocenters. The molecule has 6 atom stereocenters. The number of hydrogen-bond donors (Lipinski definition) is 1. The van der Waals surface area contributed by atoms with E-state index in [0.717, 1.165) is 38.5 Å². The number of amides is 3. The van der Waals surface area contributed by atoms with Crippen molar-refractivity contribution in [2.75, 3.05) is 13.1 Å². The van der Waals surface area contributed by atoms with E-state index in [1.165, 1.54) is 5.57 Å². The lowest BCUT2D eigenvalue weighted by molar-refractivity contribution is -0.161. The summed E-state index contributed by atoms with van der Waals surface area (Å²) >= 11 is 0. The number of imide groups is 1. The van der Waals surface area contributed by atoms with Gasteiger partial charge in [0.1, 0.15) is 6.54 Å². The molecule has 1 N–H and O–H groups in total. The number of carbonyl (C=O) groups excluding carboxylic acids is 3. The average molecular weight is 469 g/mol. The Hall–Kier alpha value is -1.86. The Morgan fingerprint density at radius 2 is 1.82 bits per heavy atom. The second kappa shape index (κ2) is 8.42. The Balaban J connectivity index is 1.58. The Morgan fingerprint density at radius 3 is 2.48 bits per heavy atom. The largest absolute Gasteiger partial charge is 0.406 e. The monoisotopic (exact) mass is 468 g/mol. The summed E-state index contributed by atoms with van der Waals surface area (Å²) in [6.07, 6.45) is 3.49. The Morgan fingerprint density at radius 1 is 1.09 bits per heavy atom. The van der Waals surface area contributed by atoms with Crippen LogP contribution in [0.3, 0.4) is 0 Å². The summed E-state index contributed by atoms with van der Waals surface area (Å²) in [6, 6.07) is -0.965. The third kappa shape index (κ3) is 4.12. The van der Waals surface area contributed by atoms with Crippen LogP contribution in [0.1, 0.15) is 72.1 Å². The molecule has 3 saturated carbocycles. The molecule has 0 aromatic carbocycles. The molecule has 33 heavy (non-hydrogen) atoms. The van der Waals surface area contributed by atoms with E-state index in [1.807, 2.05) is 6.08 Å². The highest BCUT2D eigenvalue weighted by Crippen LogP contribution is 2.66. The third-order valence-electron chi connectivity index (χ3n) is 9.44. The number of halogens is 3. The fraction of sp³-hybridized carbons (Fsp3) is 0.800. The van der Waals surface area contributed by atoms with Gasteiger partial charge in [-0.1, -0.05) is 19.4 Å². The molecule has 0 radical (unpaired) electrons. The zero-order valence-electron chi connectivity index (χ0n) is 19.8. The van der Waals surface area contributed by atoms with Crippen molar-refractivity contribution in [3.63, 3.8) is 0 Å². The Kier molecular flexibility index (Phi) is 6.19. The molecule has 4 aliphatic carbocycles. The summed E-state index contributed by atoms with van der Waals surface area (Å²) in [4.78, 5) is 38.2. The lowest BCUT2D eigenvalue weighted by atomic mass is 9.47. The molecule has 0 saturated heterocycles. The highest BCUT2D eigenvalue weighted by molar-refractivity contribution is 5.96. The fourth-order valence-electron chi connectivity index (χ4n) is 7.83. The van der Waals surface area contributed by atoms with E-state index >= 15 is 0 Å². The molecule has 184 valence electrons. The number of nitrogens with one attached hydrogen (secondary N) is 1. The van der Waals surface area contributed by atoms with Gasteiger partial charge in [-0.2, -0.15) is 13.2 Å². The maximum atomic E-state index is 13.4. The molecule has 0 aliphatic heterocycles. The minimum absolute atomic E-state index is 0.00356. The van der Waals surface area contributed by atoms with E-state index in [4.69, 9.17) is 0 Å². The maximum Gasteiger partial charge on any atom is 0.406 e. The Bertz CT molecular complexity index is 869. The van der Waals surface area contributed by atoms with Crippen LogP contribution in [0.2, 0.25) is 0 Å². The molecule has 0 bridgehead atoms. The number of carbonyl (C=O) groups is 3. The zero-order valence-corrected chi connectivity index (χ0v) is 19.8. The van der Waals surface area contributed by atoms with Crippen LogP contribution in [0.25, 0.3) is 0 Å². The summed E-state index contributed by atoms with van der Waals surface area (Å²) in [5.41, 5.74) is 0.863. The van der Waals surface area contributed by atoms with E-state index in [1.54, 1.807) is 6.92 Å². The molecular weight excluding hydrogens is 433 g/mol. The molecule has 0 heterocycles. The van der Waals surface area contributed by atoms with Crippen molar-refractivity contribution in [2.24, 2.45) is 34.5 Å². The van der Waals surface area contributed by atoms with E-state index in [0.29, 0.717) is 29.6 Å². The standard InChI is InChI=1S/C25H35F3N2O3/c1-4-29-22(33)30(14-25(26,27)28)21(32)20-8-7-18-17-6-5-15-13-16(31)9-11-23(15,2)19(17)10-12-24(18,20)3/h13,17-20H,4-12,14H2,1-3H3,(H,29,33)/t17?,18?,19?,20?,23-,24-/m0/s1. The van der Waals surface area contributed by atoms with E-state index in [9.17, 15) is 27.6 Å². The molecule has 0 spiro atoms. The van der Waals surface area contributed by atoms with Crippen LogP contribution in [0, 0.1) is 34.5 Å². The molecule has 8 heteroatoms. The smallest absolute Gasteiger partial charge is 0.338 e. The van der Waals surface area contributed by atoms with Crippen LogP contribution in [0.5, 0.6) is 0 Å². The second-order valence-electron chi connectivity index (χ2n) is 11.0. The van der Waals surface area contributed by atoms with Crippen LogP contribution in [0.4, 0.5) is 18.0 Å². The van der Waals surface area contributed by atoms with Gasteiger partial charge in [0, 0.05) is 18.9 Å². The van der Waals surface area contributed by atoms with Gasteiger partial charge in [0.05, 0.1) is 0 Å². The summed E-state index contributed by atoms with van der Waals surface area (Å²) < 4.78 is 39.7. The summed E-state index contributed by atoms with van der Waals surface area (Å²) in [5.74, 6) is 0.0368. The van der Waals surface area contributed by atoms with Crippen LogP contribution in [-0.2, 0) is 9.59 Å². The van der Waals surface area contributed by atoms with Crippen molar-refractivity contribution in [1.29, 1.82) is 0 Å². The number of hydrogen-bond acceptors (Lipinski definition) is 3. The second-order valence-corrected chi connectivity index (χ2v) is 11.0. The first kappa shape index (κ1) is 24.3. The van der Waals surface area contributed by atoms with Gasteiger partial charge in [-0.15, -0.1) is 0 Å². The lowest BCUT2D eigenvalue weighted by Gasteiger charge is -2.58. The number of rotatable bonds is 3. The highest BCUT2D eigenvalue weighted by Gasteiger charge is 2.61. The van der Waals surface area contributed by atoms with Crippen LogP contribution >= 0.6 is 0 Å². The van der Waals surface area contributed by atoms with Gasteiger partial charge in [-0.25, -0.2) is 4.79 Å². The predicted molar refractivity (Wildman–Crippen MR) is 117 cm³/mol.